The fourth-order valence-corrected chi connectivity index (χ4v) is 4.94. The molecule has 0 aromatic heterocycles. The molecule has 0 fully saturated rings. The van der Waals surface area contributed by atoms with Crippen molar-refractivity contribution in [3.63, 3.8) is 0 Å². The fraction of sp³-hybridized carbons (Fsp3) is 0.652. The van der Waals surface area contributed by atoms with Crippen LogP contribution in [0.2, 0.25) is 18.1 Å². The molecular weight excluding hydrogens is 382 g/mol. The summed E-state index contributed by atoms with van der Waals surface area (Å²) in [4.78, 5) is 13.3. The van der Waals surface area contributed by atoms with Gasteiger partial charge in [-0.3, -0.25) is 4.79 Å². The first-order chi connectivity index (χ1) is 13.5. The second-order valence-electron chi connectivity index (χ2n) is 9.40. The summed E-state index contributed by atoms with van der Waals surface area (Å²) in [6.07, 6.45) is 2.80. The van der Waals surface area contributed by atoms with Crippen LogP contribution in [0.25, 0.3) is 0 Å². The van der Waals surface area contributed by atoms with E-state index in [1.54, 1.807) is 14.2 Å². The Bertz CT molecular complexity index is 778. The van der Waals surface area contributed by atoms with Gasteiger partial charge in [0, 0.05) is 18.2 Å². The van der Waals surface area contributed by atoms with Gasteiger partial charge in [-0.15, -0.1) is 0 Å². The van der Waals surface area contributed by atoms with Gasteiger partial charge in [0.15, 0.2) is 14.1 Å². The van der Waals surface area contributed by atoms with Gasteiger partial charge in [0.05, 0.1) is 13.2 Å². The van der Waals surface area contributed by atoms with Gasteiger partial charge in [-0.05, 0) is 56.3 Å². The molecule has 2 atom stereocenters. The highest BCUT2D eigenvalue weighted by Gasteiger charge is 2.44. The minimum Gasteiger partial charge on any atom is -0.496 e. The summed E-state index contributed by atoms with van der Waals surface area (Å²) in [6, 6.07) is 7.90. The number of hydrogen-bond donors (Lipinski definition) is 0. The maximum absolute atomic E-state index is 13.3. The zero-order valence-electron chi connectivity index (χ0n) is 18.9. The minimum absolute atomic E-state index is 0.0129. The van der Waals surface area contributed by atoms with Crippen molar-refractivity contribution >= 4 is 14.1 Å². The number of benzene rings is 1. The quantitative estimate of drug-likeness (QED) is 0.537. The van der Waals surface area contributed by atoms with Crippen LogP contribution >= 0.6 is 0 Å². The number of methoxy groups -OCH3 is 2. The molecule has 6 heteroatoms. The first kappa shape index (κ1) is 23.6. The molecule has 0 radical (unpaired) electrons. The highest BCUT2D eigenvalue weighted by atomic mass is 28.4. The Morgan fingerprint density at radius 1 is 1.28 bits per heavy atom. The molecule has 1 aromatic carbocycles. The number of carbonyl (C=O) groups is 1. The van der Waals surface area contributed by atoms with Gasteiger partial charge in [-0.2, -0.15) is 5.26 Å². The van der Waals surface area contributed by atoms with E-state index < -0.39 is 20.0 Å². The van der Waals surface area contributed by atoms with Crippen LogP contribution in [0.5, 0.6) is 5.75 Å². The number of hydrogen-bond acceptors (Lipinski definition) is 5. The highest BCUT2D eigenvalue weighted by molar-refractivity contribution is 6.74. The Morgan fingerprint density at radius 3 is 2.52 bits per heavy atom. The molecule has 0 amide bonds. The van der Waals surface area contributed by atoms with Crippen molar-refractivity contribution in [2.45, 2.75) is 82.7 Å². The van der Waals surface area contributed by atoms with E-state index >= 15 is 0 Å². The number of Topliss-reactive ketones (excluding diaryl/α,β-unsaturated/α-hetero) is 1. The number of nitrogens with zero attached hydrogens (tertiary/aromatic N) is 1. The van der Waals surface area contributed by atoms with Crippen molar-refractivity contribution in [2.75, 3.05) is 14.2 Å². The van der Waals surface area contributed by atoms with Crippen LogP contribution in [0.3, 0.4) is 0 Å². The van der Waals surface area contributed by atoms with Gasteiger partial charge >= 0.3 is 0 Å². The summed E-state index contributed by atoms with van der Waals surface area (Å²) in [7, 11) is 1.22. The van der Waals surface area contributed by atoms with Crippen molar-refractivity contribution < 1.29 is 18.7 Å². The van der Waals surface area contributed by atoms with Gasteiger partial charge in [-0.25, -0.2) is 0 Å². The third-order valence-corrected chi connectivity index (χ3v) is 11.1. The molecule has 0 aliphatic heterocycles. The Labute approximate surface area is 176 Å². The zero-order valence-corrected chi connectivity index (χ0v) is 19.9. The molecule has 0 N–H and O–H groups in total. The SMILES string of the molecule is COc1cccc2c1CCC(CCCC(C#N)O[Si](C)(C)C(C)(C)C)(OC)C2=O. The van der Waals surface area contributed by atoms with Crippen molar-refractivity contribution in [2.24, 2.45) is 0 Å². The predicted molar refractivity (Wildman–Crippen MR) is 117 cm³/mol. The lowest BCUT2D eigenvalue weighted by Gasteiger charge is -2.38. The zero-order chi connectivity index (χ0) is 21.9. The van der Waals surface area contributed by atoms with Crippen LogP contribution in [0.15, 0.2) is 18.2 Å². The standard InChI is InChI=1S/C23H35NO4Si/c1-22(2,3)29(6,7)28-17(16-24)10-9-14-23(27-5)15-13-18-19(21(23)25)11-8-12-20(18)26-4/h8,11-12,17H,9-10,13-15H2,1-7H3. The maximum Gasteiger partial charge on any atom is 0.195 e. The smallest absolute Gasteiger partial charge is 0.195 e. The highest BCUT2D eigenvalue weighted by Crippen LogP contribution is 2.40. The maximum atomic E-state index is 13.3. The second kappa shape index (κ2) is 8.99. The summed E-state index contributed by atoms with van der Waals surface area (Å²) in [5, 5.41) is 9.64. The van der Waals surface area contributed by atoms with E-state index in [4.69, 9.17) is 13.9 Å². The molecule has 0 saturated heterocycles. The molecular formula is C23H35NO4Si. The molecule has 0 spiro atoms. The third-order valence-electron chi connectivity index (χ3n) is 6.61. The van der Waals surface area contributed by atoms with Crippen LogP contribution in [-0.4, -0.2) is 40.0 Å². The van der Waals surface area contributed by atoms with Gasteiger partial charge in [0.2, 0.25) is 0 Å². The number of carbonyl (C=O) groups excluding carboxylic acids is 1. The van der Waals surface area contributed by atoms with Crippen molar-refractivity contribution in [3.8, 4) is 11.8 Å². The number of nitriles is 1. The van der Waals surface area contributed by atoms with Gasteiger partial charge in [0.1, 0.15) is 17.5 Å². The number of ether oxygens (including phenoxy) is 2. The summed E-state index contributed by atoms with van der Waals surface area (Å²) in [5.41, 5.74) is 0.812. The Kier molecular flexibility index (Phi) is 7.31. The van der Waals surface area contributed by atoms with Crippen molar-refractivity contribution in [3.05, 3.63) is 29.3 Å². The third kappa shape index (κ3) is 4.91. The number of fused-ring (bicyclic) bond motifs is 1. The topological polar surface area (TPSA) is 68.6 Å². The monoisotopic (exact) mass is 417 g/mol. The molecule has 2 unspecified atom stereocenters. The van der Waals surface area contributed by atoms with Crippen LogP contribution in [0, 0.1) is 11.3 Å². The van der Waals surface area contributed by atoms with E-state index in [2.05, 4.69) is 39.9 Å². The first-order valence-electron chi connectivity index (χ1n) is 10.3. The normalized spacial score (nSPS) is 20.7. The molecule has 1 aromatic rings. The van der Waals surface area contributed by atoms with E-state index in [-0.39, 0.29) is 10.8 Å². The number of rotatable bonds is 8. The summed E-state index contributed by atoms with van der Waals surface area (Å²) in [6.45, 7) is 10.8. The van der Waals surface area contributed by atoms with E-state index in [1.807, 2.05) is 18.2 Å². The van der Waals surface area contributed by atoms with E-state index in [0.29, 0.717) is 31.2 Å². The molecule has 0 bridgehead atoms. The van der Waals surface area contributed by atoms with Crippen molar-refractivity contribution in [1.82, 2.24) is 0 Å². The molecule has 29 heavy (non-hydrogen) atoms. The summed E-state index contributed by atoms with van der Waals surface area (Å²) in [5.74, 6) is 0.770. The van der Waals surface area contributed by atoms with E-state index in [1.165, 1.54) is 0 Å². The summed E-state index contributed by atoms with van der Waals surface area (Å²) >= 11 is 0. The average Bonchev–Trinajstić information content (AvgIpc) is 2.67. The van der Waals surface area contributed by atoms with Crippen LogP contribution in [0.4, 0.5) is 0 Å². The molecule has 2 rings (SSSR count). The molecule has 1 aliphatic rings. The number of ketones is 1. The van der Waals surface area contributed by atoms with Crippen LogP contribution in [-0.2, 0) is 15.6 Å². The first-order valence-corrected chi connectivity index (χ1v) is 13.3. The molecule has 160 valence electrons. The second-order valence-corrected chi connectivity index (χ2v) is 14.2. The fourth-order valence-electron chi connectivity index (χ4n) is 3.70. The Balaban J connectivity index is 2.08. The summed E-state index contributed by atoms with van der Waals surface area (Å²) < 4.78 is 17.5. The molecule has 5 nitrogen and oxygen atoms in total. The van der Waals surface area contributed by atoms with Gasteiger partial charge < -0.3 is 13.9 Å². The van der Waals surface area contributed by atoms with Crippen LogP contribution < -0.4 is 4.74 Å². The van der Waals surface area contributed by atoms with E-state index in [9.17, 15) is 10.1 Å². The van der Waals surface area contributed by atoms with E-state index in [0.717, 1.165) is 17.7 Å². The largest absolute Gasteiger partial charge is 0.496 e. The predicted octanol–water partition coefficient (Wildman–Crippen LogP) is 5.29. The lowest BCUT2D eigenvalue weighted by molar-refractivity contribution is -0.0132. The Hall–Kier alpha value is -1.68. The minimum atomic E-state index is -2.01. The van der Waals surface area contributed by atoms with Crippen LogP contribution in [0.1, 0.15) is 62.4 Å². The van der Waals surface area contributed by atoms with Gasteiger partial charge in [0.25, 0.3) is 0 Å². The molecule has 0 heterocycles. The lowest BCUT2D eigenvalue weighted by atomic mass is 9.76. The lowest BCUT2D eigenvalue weighted by Crippen LogP contribution is -2.45. The molecule has 1 aliphatic carbocycles. The Morgan fingerprint density at radius 2 is 1.97 bits per heavy atom. The van der Waals surface area contributed by atoms with Crippen molar-refractivity contribution in [1.29, 1.82) is 5.26 Å². The molecule has 0 saturated carbocycles. The average molecular weight is 418 g/mol. The van der Waals surface area contributed by atoms with Gasteiger partial charge in [-0.1, -0.05) is 32.9 Å².